The largest absolute Gasteiger partial charge is 0.497 e. The molecule has 0 aromatic heterocycles. The summed E-state index contributed by atoms with van der Waals surface area (Å²) in [6.45, 7) is 8.01. The fourth-order valence-corrected chi connectivity index (χ4v) is 2.86. The standard InChI is InChI=1S/C17H28N2O/c1-4-17(2)9-11-19(12-10-17)13-16(18)14-5-7-15(20-3)8-6-14/h5-8,16H,4,9-13,18H2,1-3H3. The molecule has 0 saturated carbocycles. The second kappa shape index (κ2) is 6.59. The highest BCUT2D eigenvalue weighted by atomic mass is 16.5. The van der Waals surface area contributed by atoms with E-state index in [2.05, 4.69) is 30.9 Å². The van der Waals surface area contributed by atoms with Gasteiger partial charge in [-0.3, -0.25) is 0 Å². The maximum atomic E-state index is 6.33. The zero-order chi connectivity index (χ0) is 14.6. The first kappa shape index (κ1) is 15.3. The Morgan fingerprint density at radius 2 is 1.85 bits per heavy atom. The summed E-state index contributed by atoms with van der Waals surface area (Å²) in [6, 6.07) is 8.21. The SMILES string of the molecule is CCC1(C)CCN(CC(N)c2ccc(OC)cc2)CC1. The molecule has 1 saturated heterocycles. The molecule has 1 unspecified atom stereocenters. The summed E-state index contributed by atoms with van der Waals surface area (Å²) in [5.74, 6) is 0.887. The molecule has 1 atom stereocenters. The molecule has 1 fully saturated rings. The fraction of sp³-hybridized carbons (Fsp3) is 0.647. The predicted octanol–water partition coefficient (Wildman–Crippen LogP) is 3.21. The maximum Gasteiger partial charge on any atom is 0.118 e. The van der Waals surface area contributed by atoms with Crippen molar-refractivity contribution in [2.75, 3.05) is 26.7 Å². The second-order valence-corrected chi connectivity index (χ2v) is 6.34. The molecule has 2 rings (SSSR count). The van der Waals surface area contributed by atoms with Crippen LogP contribution in [0.5, 0.6) is 5.75 Å². The molecular weight excluding hydrogens is 248 g/mol. The third-order valence-electron chi connectivity index (χ3n) is 4.92. The molecular formula is C17H28N2O. The number of benzene rings is 1. The van der Waals surface area contributed by atoms with Gasteiger partial charge < -0.3 is 15.4 Å². The highest BCUT2D eigenvalue weighted by molar-refractivity contribution is 5.29. The number of hydrogen-bond acceptors (Lipinski definition) is 3. The van der Waals surface area contributed by atoms with Gasteiger partial charge in [0.1, 0.15) is 5.75 Å². The molecule has 0 radical (unpaired) electrons. The predicted molar refractivity (Wildman–Crippen MR) is 84.0 cm³/mol. The molecule has 20 heavy (non-hydrogen) atoms. The van der Waals surface area contributed by atoms with Crippen LogP contribution in [-0.2, 0) is 0 Å². The van der Waals surface area contributed by atoms with Gasteiger partial charge in [0.25, 0.3) is 0 Å². The summed E-state index contributed by atoms with van der Waals surface area (Å²) >= 11 is 0. The second-order valence-electron chi connectivity index (χ2n) is 6.34. The molecule has 1 aliphatic rings. The minimum Gasteiger partial charge on any atom is -0.497 e. The topological polar surface area (TPSA) is 38.5 Å². The van der Waals surface area contributed by atoms with Crippen molar-refractivity contribution in [2.24, 2.45) is 11.1 Å². The van der Waals surface area contributed by atoms with Gasteiger partial charge in [-0.25, -0.2) is 0 Å². The van der Waals surface area contributed by atoms with Crippen LogP contribution in [0.2, 0.25) is 0 Å². The normalized spacial score (nSPS) is 20.6. The Morgan fingerprint density at radius 3 is 2.35 bits per heavy atom. The first-order chi connectivity index (χ1) is 9.56. The molecule has 3 nitrogen and oxygen atoms in total. The van der Waals surface area contributed by atoms with Gasteiger partial charge in [0.05, 0.1) is 7.11 Å². The zero-order valence-corrected chi connectivity index (χ0v) is 13.1. The van der Waals surface area contributed by atoms with Gasteiger partial charge in [-0.2, -0.15) is 0 Å². The Labute approximate surface area is 123 Å². The number of hydrogen-bond donors (Lipinski definition) is 1. The van der Waals surface area contributed by atoms with Crippen LogP contribution in [-0.4, -0.2) is 31.6 Å². The molecule has 112 valence electrons. The van der Waals surface area contributed by atoms with E-state index >= 15 is 0 Å². The van der Waals surface area contributed by atoms with Gasteiger partial charge in [0.2, 0.25) is 0 Å². The van der Waals surface area contributed by atoms with E-state index in [9.17, 15) is 0 Å². The summed E-state index contributed by atoms with van der Waals surface area (Å²) in [5.41, 5.74) is 8.07. The van der Waals surface area contributed by atoms with Crippen molar-refractivity contribution in [3.05, 3.63) is 29.8 Å². The van der Waals surface area contributed by atoms with Gasteiger partial charge >= 0.3 is 0 Å². The van der Waals surface area contributed by atoms with Crippen molar-refractivity contribution in [3.8, 4) is 5.75 Å². The van der Waals surface area contributed by atoms with Gasteiger partial charge in [-0.05, 0) is 49.0 Å². The highest BCUT2D eigenvalue weighted by Crippen LogP contribution is 2.34. The third-order valence-corrected chi connectivity index (χ3v) is 4.92. The molecule has 1 aromatic carbocycles. The van der Waals surface area contributed by atoms with E-state index in [1.54, 1.807) is 7.11 Å². The molecule has 1 aromatic rings. The van der Waals surface area contributed by atoms with Crippen molar-refractivity contribution in [2.45, 2.75) is 39.2 Å². The number of ether oxygens (including phenoxy) is 1. The van der Waals surface area contributed by atoms with E-state index in [0.29, 0.717) is 5.41 Å². The van der Waals surface area contributed by atoms with Crippen molar-refractivity contribution in [3.63, 3.8) is 0 Å². The van der Waals surface area contributed by atoms with Gasteiger partial charge in [-0.1, -0.05) is 32.4 Å². The van der Waals surface area contributed by atoms with Gasteiger partial charge in [0, 0.05) is 12.6 Å². The van der Waals surface area contributed by atoms with Crippen LogP contribution in [0.1, 0.15) is 44.7 Å². The summed E-state index contributed by atoms with van der Waals surface area (Å²) in [5, 5.41) is 0. The van der Waals surface area contributed by atoms with Crippen LogP contribution in [0.3, 0.4) is 0 Å². The fourth-order valence-electron chi connectivity index (χ4n) is 2.86. The van der Waals surface area contributed by atoms with Crippen LogP contribution in [0.4, 0.5) is 0 Å². The van der Waals surface area contributed by atoms with Crippen LogP contribution in [0.25, 0.3) is 0 Å². The lowest BCUT2D eigenvalue weighted by Crippen LogP contribution is -2.41. The molecule has 0 aliphatic carbocycles. The Morgan fingerprint density at radius 1 is 1.25 bits per heavy atom. The smallest absolute Gasteiger partial charge is 0.118 e. The molecule has 0 bridgehead atoms. The molecule has 0 spiro atoms. The Bertz CT molecular complexity index is 408. The minimum absolute atomic E-state index is 0.0897. The average Bonchev–Trinajstić information content (AvgIpc) is 2.50. The van der Waals surface area contributed by atoms with E-state index in [-0.39, 0.29) is 6.04 Å². The van der Waals surface area contributed by atoms with E-state index in [0.717, 1.165) is 12.3 Å². The third kappa shape index (κ3) is 3.74. The lowest BCUT2D eigenvalue weighted by atomic mass is 9.78. The van der Waals surface area contributed by atoms with Crippen molar-refractivity contribution >= 4 is 0 Å². The van der Waals surface area contributed by atoms with Crippen molar-refractivity contribution in [1.29, 1.82) is 0 Å². The zero-order valence-electron chi connectivity index (χ0n) is 13.1. The van der Waals surface area contributed by atoms with E-state index < -0.39 is 0 Å². The summed E-state index contributed by atoms with van der Waals surface area (Å²) in [4.78, 5) is 2.51. The quantitative estimate of drug-likeness (QED) is 0.897. The van der Waals surface area contributed by atoms with Crippen LogP contribution in [0, 0.1) is 5.41 Å². The molecule has 2 N–H and O–H groups in total. The monoisotopic (exact) mass is 276 g/mol. The molecule has 3 heteroatoms. The van der Waals surface area contributed by atoms with Gasteiger partial charge in [0.15, 0.2) is 0 Å². The number of piperidine rings is 1. The maximum absolute atomic E-state index is 6.33. The highest BCUT2D eigenvalue weighted by Gasteiger charge is 2.28. The lowest BCUT2D eigenvalue weighted by molar-refractivity contribution is 0.110. The average molecular weight is 276 g/mol. The van der Waals surface area contributed by atoms with Crippen LogP contribution in [0.15, 0.2) is 24.3 Å². The Hall–Kier alpha value is -1.06. The first-order valence-corrected chi connectivity index (χ1v) is 7.68. The van der Waals surface area contributed by atoms with Gasteiger partial charge in [-0.15, -0.1) is 0 Å². The molecule has 1 heterocycles. The minimum atomic E-state index is 0.0897. The molecule has 1 aliphatic heterocycles. The number of nitrogens with two attached hydrogens (primary N) is 1. The number of methoxy groups -OCH3 is 1. The number of nitrogens with zero attached hydrogens (tertiary/aromatic N) is 1. The van der Waals surface area contributed by atoms with Crippen molar-refractivity contribution < 1.29 is 4.74 Å². The summed E-state index contributed by atoms with van der Waals surface area (Å²) in [7, 11) is 1.69. The Balaban J connectivity index is 1.87. The van der Waals surface area contributed by atoms with E-state index in [1.165, 1.54) is 37.9 Å². The lowest BCUT2D eigenvalue weighted by Gasteiger charge is -2.39. The summed E-state index contributed by atoms with van der Waals surface area (Å²) < 4.78 is 5.18. The van der Waals surface area contributed by atoms with Crippen LogP contribution < -0.4 is 10.5 Å². The van der Waals surface area contributed by atoms with Crippen molar-refractivity contribution in [1.82, 2.24) is 4.90 Å². The van der Waals surface area contributed by atoms with E-state index in [1.807, 2.05) is 12.1 Å². The van der Waals surface area contributed by atoms with E-state index in [4.69, 9.17) is 10.5 Å². The summed E-state index contributed by atoms with van der Waals surface area (Å²) in [6.07, 6.45) is 3.86. The first-order valence-electron chi connectivity index (χ1n) is 7.68. The van der Waals surface area contributed by atoms with Crippen LogP contribution >= 0.6 is 0 Å². The number of rotatable bonds is 5. The molecule has 0 amide bonds. The Kier molecular flexibility index (Phi) is 5.06. The number of likely N-dealkylation sites (tertiary alicyclic amines) is 1.